The van der Waals surface area contributed by atoms with Crippen LogP contribution in [0.15, 0.2) is 40.6 Å². The lowest BCUT2D eigenvalue weighted by Crippen LogP contribution is -2.45. The maximum atomic E-state index is 12.6. The van der Waals surface area contributed by atoms with Crippen LogP contribution < -0.4 is 5.32 Å². The number of carbonyl (C=O) groups excluding carboxylic acids is 1. The molecule has 2 aliphatic rings. The molecule has 1 N–H and O–H groups in total. The summed E-state index contributed by atoms with van der Waals surface area (Å²) in [5, 5.41) is 5.10. The Morgan fingerprint density at radius 3 is 2.96 bits per heavy atom. The minimum Gasteiger partial charge on any atom is -0.331 e. The van der Waals surface area contributed by atoms with E-state index >= 15 is 0 Å². The van der Waals surface area contributed by atoms with Crippen molar-refractivity contribution in [2.24, 2.45) is 0 Å². The third-order valence-electron chi connectivity index (χ3n) is 4.70. The van der Waals surface area contributed by atoms with Gasteiger partial charge in [-0.05, 0) is 41.5 Å². The summed E-state index contributed by atoms with van der Waals surface area (Å²) in [7, 11) is -3.23. The summed E-state index contributed by atoms with van der Waals surface area (Å²) in [4.78, 5) is 16.1. The molecule has 0 bridgehead atoms. The van der Waals surface area contributed by atoms with E-state index < -0.39 is 9.84 Å². The Hall–Kier alpha value is -1.86. The van der Waals surface area contributed by atoms with Crippen molar-refractivity contribution in [3.63, 3.8) is 0 Å². The number of rotatable bonds is 1. The number of sulfone groups is 1. The average molecular weight is 362 g/mol. The largest absolute Gasteiger partial charge is 0.331 e. The van der Waals surface area contributed by atoms with Gasteiger partial charge in [0, 0.05) is 18.0 Å². The summed E-state index contributed by atoms with van der Waals surface area (Å²) < 4.78 is 24.4. The van der Waals surface area contributed by atoms with Crippen LogP contribution in [0.4, 0.5) is 4.79 Å². The molecule has 0 fully saturated rings. The lowest BCUT2D eigenvalue weighted by atomic mass is 10.0. The van der Waals surface area contributed by atoms with Crippen molar-refractivity contribution in [1.82, 2.24) is 10.2 Å². The topological polar surface area (TPSA) is 66.5 Å². The van der Waals surface area contributed by atoms with E-state index in [0.717, 1.165) is 6.42 Å². The summed E-state index contributed by atoms with van der Waals surface area (Å²) in [6.45, 7) is 1.32. The molecule has 0 saturated heterocycles. The molecule has 0 unspecified atom stereocenters. The molecule has 1 atom stereocenters. The Morgan fingerprint density at radius 2 is 2.08 bits per heavy atom. The number of fused-ring (bicyclic) bond motifs is 2. The molecular weight excluding hydrogens is 344 g/mol. The number of hydrogen-bond acceptors (Lipinski definition) is 4. The Labute approximate surface area is 145 Å². The molecule has 5 nitrogen and oxygen atoms in total. The lowest BCUT2D eigenvalue weighted by Gasteiger charge is -2.31. The molecule has 1 aromatic carbocycles. The van der Waals surface area contributed by atoms with E-state index in [0.29, 0.717) is 30.0 Å². The fraction of sp³-hybridized carbons (Fsp3) is 0.353. The molecule has 2 aromatic rings. The van der Waals surface area contributed by atoms with Gasteiger partial charge in [0.25, 0.3) is 0 Å². The lowest BCUT2D eigenvalue weighted by molar-refractivity contribution is 0.188. The number of nitrogens with zero attached hydrogens (tertiary/aromatic N) is 1. The third kappa shape index (κ3) is 2.71. The fourth-order valence-electron chi connectivity index (χ4n) is 3.40. The predicted octanol–water partition coefficient (Wildman–Crippen LogP) is 2.73. The van der Waals surface area contributed by atoms with Crippen LogP contribution in [0.1, 0.15) is 28.5 Å². The van der Waals surface area contributed by atoms with Crippen LogP contribution in [0.25, 0.3) is 0 Å². The normalized spacial score (nSPS) is 21.7. The van der Waals surface area contributed by atoms with Crippen LogP contribution in [-0.2, 0) is 22.8 Å². The average Bonchev–Trinajstić information content (AvgIpc) is 3.05. The molecule has 1 aromatic heterocycles. The first-order valence-electron chi connectivity index (χ1n) is 7.97. The molecule has 126 valence electrons. The predicted molar refractivity (Wildman–Crippen MR) is 92.8 cm³/mol. The first kappa shape index (κ1) is 15.7. The Morgan fingerprint density at radius 1 is 1.25 bits per heavy atom. The number of urea groups is 1. The first-order chi connectivity index (χ1) is 11.5. The van der Waals surface area contributed by atoms with Gasteiger partial charge >= 0.3 is 6.03 Å². The fourth-order valence-corrected chi connectivity index (χ4v) is 5.91. The zero-order valence-electron chi connectivity index (χ0n) is 13.1. The Bertz CT molecular complexity index is 889. The molecule has 2 aliphatic heterocycles. The highest BCUT2D eigenvalue weighted by Gasteiger charge is 2.32. The smallest absolute Gasteiger partial charge is 0.318 e. The van der Waals surface area contributed by atoms with E-state index in [9.17, 15) is 13.2 Å². The summed E-state index contributed by atoms with van der Waals surface area (Å²) in [6, 6.07) is 8.67. The van der Waals surface area contributed by atoms with Crippen LogP contribution in [0.3, 0.4) is 0 Å². The zero-order chi connectivity index (χ0) is 16.7. The highest BCUT2D eigenvalue weighted by Crippen LogP contribution is 2.32. The van der Waals surface area contributed by atoms with E-state index in [-0.39, 0.29) is 17.8 Å². The Kier molecular flexibility index (Phi) is 3.85. The van der Waals surface area contributed by atoms with E-state index in [1.54, 1.807) is 34.4 Å². The van der Waals surface area contributed by atoms with Gasteiger partial charge in [-0.25, -0.2) is 13.2 Å². The number of benzene rings is 1. The number of nitrogens with one attached hydrogen (secondary N) is 1. The number of amides is 2. The van der Waals surface area contributed by atoms with Crippen molar-refractivity contribution >= 4 is 27.2 Å². The maximum absolute atomic E-state index is 12.6. The van der Waals surface area contributed by atoms with Crippen LogP contribution in [0, 0.1) is 0 Å². The van der Waals surface area contributed by atoms with E-state index in [1.807, 2.05) is 6.07 Å². The molecule has 0 radical (unpaired) electrons. The van der Waals surface area contributed by atoms with Crippen LogP contribution >= 0.6 is 11.3 Å². The molecule has 4 rings (SSSR count). The third-order valence-corrected chi connectivity index (χ3v) is 7.54. The summed E-state index contributed by atoms with van der Waals surface area (Å²) in [6.07, 6.45) is 1.30. The van der Waals surface area contributed by atoms with Gasteiger partial charge in [0.15, 0.2) is 9.84 Å². The summed E-state index contributed by atoms with van der Waals surface area (Å²) in [5.41, 5.74) is 1.92. The monoisotopic (exact) mass is 362 g/mol. The molecule has 2 amide bonds. The minimum absolute atomic E-state index is 0.0731. The summed E-state index contributed by atoms with van der Waals surface area (Å²) >= 11 is 1.74. The van der Waals surface area contributed by atoms with Crippen molar-refractivity contribution < 1.29 is 13.2 Å². The molecule has 0 aliphatic carbocycles. The van der Waals surface area contributed by atoms with Gasteiger partial charge in [-0.1, -0.05) is 18.2 Å². The van der Waals surface area contributed by atoms with Crippen molar-refractivity contribution in [2.75, 3.05) is 12.3 Å². The van der Waals surface area contributed by atoms with Gasteiger partial charge in [-0.15, -0.1) is 11.3 Å². The second kappa shape index (κ2) is 5.89. The minimum atomic E-state index is -3.23. The van der Waals surface area contributed by atoms with Crippen LogP contribution in [-0.4, -0.2) is 31.6 Å². The molecule has 24 heavy (non-hydrogen) atoms. The maximum Gasteiger partial charge on any atom is 0.318 e. The van der Waals surface area contributed by atoms with E-state index in [2.05, 4.69) is 16.8 Å². The van der Waals surface area contributed by atoms with Gasteiger partial charge in [-0.2, -0.15) is 0 Å². The molecule has 3 heterocycles. The van der Waals surface area contributed by atoms with Gasteiger partial charge in [-0.3, -0.25) is 0 Å². The van der Waals surface area contributed by atoms with Crippen LogP contribution in [0.2, 0.25) is 0 Å². The quantitative estimate of drug-likeness (QED) is 0.848. The van der Waals surface area contributed by atoms with Gasteiger partial charge in [0.2, 0.25) is 0 Å². The zero-order valence-corrected chi connectivity index (χ0v) is 14.7. The summed E-state index contributed by atoms with van der Waals surface area (Å²) in [5.74, 6) is 0.0731. The number of hydrogen-bond donors (Lipinski definition) is 1. The number of thiophene rings is 1. The number of carbonyl (C=O) groups is 1. The van der Waals surface area contributed by atoms with Crippen molar-refractivity contribution in [3.05, 3.63) is 51.7 Å². The van der Waals surface area contributed by atoms with Crippen molar-refractivity contribution in [2.45, 2.75) is 30.3 Å². The van der Waals surface area contributed by atoms with Crippen molar-refractivity contribution in [1.29, 1.82) is 0 Å². The second-order valence-electron chi connectivity index (χ2n) is 6.19. The van der Waals surface area contributed by atoms with Gasteiger partial charge < -0.3 is 10.2 Å². The highest BCUT2D eigenvalue weighted by atomic mass is 32.2. The Balaban J connectivity index is 1.53. The molecular formula is C17H18N2O3S2. The van der Waals surface area contributed by atoms with Gasteiger partial charge in [0.05, 0.1) is 16.7 Å². The first-order valence-corrected chi connectivity index (χ1v) is 10.5. The molecule has 7 heteroatoms. The van der Waals surface area contributed by atoms with Gasteiger partial charge in [0.1, 0.15) is 0 Å². The van der Waals surface area contributed by atoms with E-state index in [1.165, 1.54) is 10.4 Å². The highest BCUT2D eigenvalue weighted by molar-refractivity contribution is 7.91. The van der Waals surface area contributed by atoms with Crippen molar-refractivity contribution in [3.8, 4) is 0 Å². The SMILES string of the molecule is O=C(N[C@H]1CCS(=O)(=O)c2ccccc21)N1CCc2sccc2C1. The molecule has 0 saturated carbocycles. The second-order valence-corrected chi connectivity index (χ2v) is 9.27. The standard InChI is InChI=1S/C17H18N2O3S2/c20-17(19-8-5-15-12(11-19)6-9-23-15)18-14-7-10-24(21,22)16-4-2-1-3-13(14)16/h1-4,6,9,14H,5,7-8,10-11H2,(H,18,20)/t14-/m0/s1. The van der Waals surface area contributed by atoms with E-state index in [4.69, 9.17) is 0 Å². The van der Waals surface area contributed by atoms with Crippen LogP contribution in [0.5, 0.6) is 0 Å². The molecule has 0 spiro atoms.